The molecule has 2 rings (SSSR count). The number of thioether (sulfide) groups is 1. The van der Waals surface area contributed by atoms with Gasteiger partial charge in [0, 0.05) is 24.4 Å². The zero-order valence-electron chi connectivity index (χ0n) is 13.6. The van der Waals surface area contributed by atoms with Crippen molar-refractivity contribution in [3.8, 4) is 5.75 Å². The van der Waals surface area contributed by atoms with Crippen LogP contribution in [0.3, 0.4) is 0 Å². The first-order chi connectivity index (χ1) is 12.0. The number of methoxy groups -OCH3 is 1. The molecular formula is C16H18N2O6S. The average Bonchev–Trinajstić information content (AvgIpc) is 3.03. The Balaban J connectivity index is 1.69. The minimum atomic E-state index is -0.720. The van der Waals surface area contributed by atoms with Crippen molar-refractivity contribution < 1.29 is 28.7 Å². The van der Waals surface area contributed by atoms with Crippen molar-refractivity contribution in [2.45, 2.75) is 6.42 Å². The molecule has 0 aliphatic carbocycles. The Labute approximate surface area is 148 Å². The lowest BCUT2D eigenvalue weighted by Gasteiger charge is -2.13. The highest BCUT2D eigenvalue weighted by Gasteiger charge is 2.22. The number of nitrogens with one attached hydrogen (secondary N) is 1. The molecule has 0 radical (unpaired) electrons. The molecule has 1 heterocycles. The van der Waals surface area contributed by atoms with E-state index in [1.165, 1.54) is 31.0 Å². The molecule has 134 valence electrons. The van der Waals surface area contributed by atoms with Gasteiger partial charge in [0.25, 0.3) is 17.1 Å². The Hall–Kier alpha value is -2.55. The standard InChI is InChI=1S/C16H18N2O6S/c1-23-12-4-2-11(3-5-12)15(21)17-13(19)10-24-14(20)6-7-18-8-9-25-16(18)22/h2-5H,6-10H2,1H3,(H,17,19,21). The predicted molar refractivity (Wildman–Crippen MR) is 90.5 cm³/mol. The molecule has 8 nitrogen and oxygen atoms in total. The van der Waals surface area contributed by atoms with E-state index >= 15 is 0 Å². The molecule has 0 bridgehead atoms. The lowest BCUT2D eigenvalue weighted by Crippen LogP contribution is -2.34. The van der Waals surface area contributed by atoms with Gasteiger partial charge in [-0.25, -0.2) is 0 Å². The third-order valence-electron chi connectivity index (χ3n) is 3.40. The number of amides is 3. The van der Waals surface area contributed by atoms with Crippen LogP contribution in [-0.4, -0.2) is 60.5 Å². The van der Waals surface area contributed by atoms with Crippen molar-refractivity contribution in [1.82, 2.24) is 10.2 Å². The number of ether oxygens (including phenoxy) is 2. The number of carbonyl (C=O) groups excluding carboxylic acids is 4. The second-order valence-corrected chi connectivity index (χ2v) is 6.16. The molecule has 0 spiro atoms. The highest BCUT2D eigenvalue weighted by Crippen LogP contribution is 2.17. The largest absolute Gasteiger partial charge is 0.497 e. The first kappa shape index (κ1) is 18.8. The van der Waals surface area contributed by atoms with Crippen molar-refractivity contribution in [3.63, 3.8) is 0 Å². The van der Waals surface area contributed by atoms with Gasteiger partial charge in [-0.2, -0.15) is 0 Å². The van der Waals surface area contributed by atoms with Crippen LogP contribution < -0.4 is 10.1 Å². The van der Waals surface area contributed by atoms with Gasteiger partial charge >= 0.3 is 5.97 Å². The molecule has 1 aromatic carbocycles. The fourth-order valence-corrected chi connectivity index (χ4v) is 2.90. The Kier molecular flexibility index (Phi) is 6.81. The van der Waals surface area contributed by atoms with E-state index in [4.69, 9.17) is 9.47 Å². The maximum Gasteiger partial charge on any atom is 0.308 e. The fourth-order valence-electron chi connectivity index (χ4n) is 2.05. The number of nitrogens with zero attached hydrogens (tertiary/aromatic N) is 1. The summed E-state index contributed by atoms with van der Waals surface area (Å²) in [5, 5.41) is 2.07. The van der Waals surface area contributed by atoms with Crippen molar-refractivity contribution in [3.05, 3.63) is 29.8 Å². The topological polar surface area (TPSA) is 102 Å². The summed E-state index contributed by atoms with van der Waals surface area (Å²) in [4.78, 5) is 48.1. The lowest BCUT2D eigenvalue weighted by molar-refractivity contribution is -0.148. The summed E-state index contributed by atoms with van der Waals surface area (Å²) in [5.41, 5.74) is 0.283. The zero-order chi connectivity index (χ0) is 18.2. The molecule has 1 aliphatic heterocycles. The molecule has 9 heteroatoms. The quantitative estimate of drug-likeness (QED) is 0.720. The van der Waals surface area contributed by atoms with Crippen LogP contribution in [0.15, 0.2) is 24.3 Å². The van der Waals surface area contributed by atoms with Crippen molar-refractivity contribution in [2.24, 2.45) is 0 Å². The summed E-state index contributed by atoms with van der Waals surface area (Å²) < 4.78 is 9.78. The Bertz CT molecular complexity index is 661. The summed E-state index contributed by atoms with van der Waals surface area (Å²) in [7, 11) is 1.51. The van der Waals surface area contributed by atoms with Crippen LogP contribution in [0.2, 0.25) is 0 Å². The van der Waals surface area contributed by atoms with E-state index in [0.29, 0.717) is 18.0 Å². The molecular weight excluding hydrogens is 348 g/mol. The van der Waals surface area contributed by atoms with E-state index in [2.05, 4.69) is 5.32 Å². The summed E-state index contributed by atoms with van der Waals surface area (Å²) in [6, 6.07) is 6.21. The first-order valence-electron chi connectivity index (χ1n) is 7.55. The third kappa shape index (κ3) is 5.79. The molecule has 0 aromatic heterocycles. The highest BCUT2D eigenvalue weighted by molar-refractivity contribution is 8.13. The van der Waals surface area contributed by atoms with Crippen LogP contribution in [-0.2, 0) is 14.3 Å². The van der Waals surface area contributed by atoms with Gasteiger partial charge in [-0.15, -0.1) is 0 Å². The molecule has 1 aromatic rings. The minimum absolute atomic E-state index is 0.00596. The second kappa shape index (κ2) is 9.07. The lowest BCUT2D eigenvalue weighted by atomic mass is 10.2. The van der Waals surface area contributed by atoms with Crippen LogP contribution in [0, 0.1) is 0 Å². The van der Waals surface area contributed by atoms with Crippen LogP contribution in [0.5, 0.6) is 5.75 Å². The number of carbonyl (C=O) groups is 4. The van der Waals surface area contributed by atoms with Gasteiger partial charge in [-0.05, 0) is 24.3 Å². The van der Waals surface area contributed by atoms with E-state index in [9.17, 15) is 19.2 Å². The van der Waals surface area contributed by atoms with Gasteiger partial charge in [0.1, 0.15) is 5.75 Å². The number of benzene rings is 1. The number of rotatable bonds is 7. The molecule has 1 saturated heterocycles. The SMILES string of the molecule is COc1ccc(C(=O)NC(=O)COC(=O)CCN2CCSC2=O)cc1. The van der Waals surface area contributed by atoms with Crippen molar-refractivity contribution >= 4 is 34.8 Å². The molecule has 0 atom stereocenters. The highest BCUT2D eigenvalue weighted by atomic mass is 32.2. The summed E-state index contributed by atoms with van der Waals surface area (Å²) in [5.74, 6) is -0.613. The minimum Gasteiger partial charge on any atom is -0.497 e. The molecule has 3 amide bonds. The number of hydrogen-bond donors (Lipinski definition) is 1. The molecule has 1 aliphatic rings. The number of esters is 1. The zero-order valence-corrected chi connectivity index (χ0v) is 14.5. The van der Waals surface area contributed by atoms with Crippen LogP contribution in [0.4, 0.5) is 4.79 Å². The van der Waals surface area contributed by atoms with Crippen LogP contribution in [0.25, 0.3) is 0 Å². The van der Waals surface area contributed by atoms with Crippen LogP contribution in [0.1, 0.15) is 16.8 Å². The van der Waals surface area contributed by atoms with E-state index in [1.54, 1.807) is 17.0 Å². The molecule has 0 unspecified atom stereocenters. The number of hydrogen-bond acceptors (Lipinski definition) is 7. The van der Waals surface area contributed by atoms with Crippen molar-refractivity contribution in [2.75, 3.05) is 32.6 Å². The normalized spacial score (nSPS) is 13.5. The van der Waals surface area contributed by atoms with E-state index in [0.717, 1.165) is 0 Å². The first-order valence-corrected chi connectivity index (χ1v) is 8.53. The van der Waals surface area contributed by atoms with Gasteiger partial charge < -0.3 is 14.4 Å². The molecule has 25 heavy (non-hydrogen) atoms. The van der Waals surface area contributed by atoms with Gasteiger partial charge in [-0.1, -0.05) is 11.8 Å². The third-order valence-corrected chi connectivity index (χ3v) is 4.29. The van der Waals surface area contributed by atoms with E-state index in [-0.39, 0.29) is 23.8 Å². The smallest absolute Gasteiger partial charge is 0.308 e. The molecule has 0 saturated carbocycles. The summed E-state index contributed by atoms with van der Waals surface area (Å²) in [6.07, 6.45) is 0.00596. The summed E-state index contributed by atoms with van der Waals surface area (Å²) in [6.45, 7) is 0.314. The maximum absolute atomic E-state index is 11.9. The fraction of sp³-hybridized carbons (Fsp3) is 0.375. The van der Waals surface area contributed by atoms with Gasteiger partial charge in [0.15, 0.2) is 6.61 Å². The van der Waals surface area contributed by atoms with E-state index in [1.807, 2.05) is 0 Å². The Morgan fingerprint density at radius 1 is 1.24 bits per heavy atom. The molecule has 1 N–H and O–H groups in total. The second-order valence-electron chi connectivity index (χ2n) is 5.12. The van der Waals surface area contributed by atoms with E-state index < -0.39 is 24.4 Å². The van der Waals surface area contributed by atoms with Gasteiger partial charge in [-0.3, -0.25) is 24.5 Å². The maximum atomic E-state index is 11.9. The predicted octanol–water partition coefficient (Wildman–Crippen LogP) is 1.05. The monoisotopic (exact) mass is 366 g/mol. The summed E-state index contributed by atoms with van der Waals surface area (Å²) >= 11 is 1.21. The Morgan fingerprint density at radius 3 is 2.56 bits per heavy atom. The Morgan fingerprint density at radius 2 is 1.96 bits per heavy atom. The van der Waals surface area contributed by atoms with Gasteiger partial charge in [0.2, 0.25) is 0 Å². The van der Waals surface area contributed by atoms with Crippen LogP contribution >= 0.6 is 11.8 Å². The van der Waals surface area contributed by atoms with Gasteiger partial charge in [0.05, 0.1) is 13.5 Å². The van der Waals surface area contributed by atoms with Crippen molar-refractivity contribution in [1.29, 1.82) is 0 Å². The average molecular weight is 366 g/mol. The number of imide groups is 1. The molecule has 1 fully saturated rings.